The Hall–Kier alpha value is -1.92. The van der Waals surface area contributed by atoms with Crippen molar-refractivity contribution in [2.24, 2.45) is 0 Å². The summed E-state index contributed by atoms with van der Waals surface area (Å²) in [7, 11) is 0. The summed E-state index contributed by atoms with van der Waals surface area (Å²) in [6.45, 7) is 4.95. The topological polar surface area (TPSA) is 95.9 Å². The molecule has 0 aliphatic heterocycles. The van der Waals surface area contributed by atoms with Crippen molar-refractivity contribution in [1.82, 2.24) is 5.32 Å². The average molecular weight is 1220 g/mol. The highest BCUT2D eigenvalue weighted by Gasteiger charge is 2.18. The normalized spacial score (nSPS) is 12.6. The van der Waals surface area contributed by atoms with Crippen LogP contribution in [-0.2, 0) is 14.3 Å². The molecule has 0 aliphatic carbocycles. The van der Waals surface area contributed by atoms with Gasteiger partial charge >= 0.3 is 5.97 Å². The monoisotopic (exact) mass is 1220 g/mol. The summed E-state index contributed by atoms with van der Waals surface area (Å²) in [4.78, 5) is 24.6. The molecule has 2 atom stereocenters. The van der Waals surface area contributed by atoms with Crippen molar-refractivity contribution in [2.45, 2.75) is 456 Å². The Morgan fingerprint density at radius 1 is 0.310 bits per heavy atom. The van der Waals surface area contributed by atoms with E-state index in [-0.39, 0.29) is 18.5 Å². The summed E-state index contributed by atoms with van der Waals surface area (Å²) < 4.78 is 5.51. The lowest BCUT2D eigenvalue weighted by Gasteiger charge is -2.20. The van der Waals surface area contributed by atoms with Crippen molar-refractivity contribution < 1.29 is 24.5 Å². The van der Waals surface area contributed by atoms with E-state index in [1.807, 2.05) is 6.08 Å². The number of ether oxygens (including phenoxy) is 1. The molecule has 0 spiro atoms. The van der Waals surface area contributed by atoms with Crippen molar-refractivity contribution in [1.29, 1.82) is 0 Å². The number of carbonyl (C=O) groups excluding carboxylic acids is 2. The highest BCUT2D eigenvalue weighted by molar-refractivity contribution is 5.76. The van der Waals surface area contributed by atoms with Crippen LogP contribution < -0.4 is 5.32 Å². The fourth-order valence-corrected chi connectivity index (χ4v) is 12.6. The highest BCUT2D eigenvalue weighted by Crippen LogP contribution is 2.19. The number of nitrogens with one attached hydrogen (secondary N) is 1. The van der Waals surface area contributed by atoms with E-state index in [9.17, 15) is 19.8 Å². The van der Waals surface area contributed by atoms with E-state index in [1.165, 1.54) is 372 Å². The number of hydrogen-bond acceptors (Lipinski definition) is 5. The smallest absolute Gasteiger partial charge is 0.305 e. The van der Waals surface area contributed by atoms with Crippen LogP contribution in [0.4, 0.5) is 0 Å². The molecule has 0 aliphatic rings. The Bertz CT molecular complexity index is 1410. The van der Waals surface area contributed by atoms with Crippen LogP contribution in [0.25, 0.3) is 0 Å². The van der Waals surface area contributed by atoms with Gasteiger partial charge in [0, 0.05) is 12.8 Å². The lowest BCUT2D eigenvalue weighted by atomic mass is 10.0. The van der Waals surface area contributed by atoms with Gasteiger partial charge in [0.15, 0.2) is 0 Å². The van der Waals surface area contributed by atoms with Gasteiger partial charge in [-0.25, -0.2) is 0 Å². The first-order chi connectivity index (χ1) is 43.0. The Morgan fingerprint density at radius 2 is 0.540 bits per heavy atom. The Morgan fingerprint density at radius 3 is 0.816 bits per heavy atom. The average Bonchev–Trinajstić information content (AvgIpc) is 3.53. The van der Waals surface area contributed by atoms with Crippen LogP contribution in [0.2, 0.25) is 0 Å². The molecule has 0 saturated carbocycles. The quantitative estimate of drug-likeness (QED) is 0.0320. The SMILES string of the molecule is CCCCCCCC/C=C\CCCCCCCCCC(=O)OCCCCCCCCCCCCCC/C=C\CCCCCCCCCCCCCCCCCCCC(=O)NC(CO)C(O)/C=C/CCCCCCCCCCCCCCCCCCCC. The molecule has 87 heavy (non-hydrogen) atoms. The van der Waals surface area contributed by atoms with Gasteiger partial charge in [0.1, 0.15) is 0 Å². The Balaban J connectivity index is 3.36. The molecule has 0 heterocycles. The molecule has 514 valence electrons. The summed E-state index contributed by atoms with van der Waals surface area (Å²) in [6, 6.07) is -0.627. The van der Waals surface area contributed by atoms with Crippen molar-refractivity contribution in [3.05, 3.63) is 36.5 Å². The molecule has 6 nitrogen and oxygen atoms in total. The Kier molecular flexibility index (Phi) is 74.8. The second-order valence-corrected chi connectivity index (χ2v) is 27.4. The number of unbranched alkanes of at least 4 members (excludes halogenated alkanes) is 60. The van der Waals surface area contributed by atoms with E-state index in [2.05, 4.69) is 43.5 Å². The van der Waals surface area contributed by atoms with Gasteiger partial charge in [-0.15, -0.1) is 0 Å². The van der Waals surface area contributed by atoms with E-state index < -0.39 is 12.1 Å². The molecule has 0 rings (SSSR count). The predicted octanol–water partition coefficient (Wildman–Crippen LogP) is 26.2. The lowest BCUT2D eigenvalue weighted by molar-refractivity contribution is -0.143. The van der Waals surface area contributed by atoms with Gasteiger partial charge in [-0.1, -0.05) is 384 Å². The zero-order chi connectivity index (χ0) is 62.8. The summed E-state index contributed by atoms with van der Waals surface area (Å²) >= 11 is 0. The van der Waals surface area contributed by atoms with Crippen LogP contribution in [0.3, 0.4) is 0 Å². The van der Waals surface area contributed by atoms with E-state index in [4.69, 9.17) is 4.74 Å². The molecule has 0 bridgehead atoms. The zero-order valence-electron chi connectivity index (χ0n) is 59.0. The van der Waals surface area contributed by atoms with E-state index in [1.54, 1.807) is 6.08 Å². The second-order valence-electron chi connectivity index (χ2n) is 27.4. The molecule has 2 unspecified atom stereocenters. The third-order valence-corrected chi connectivity index (χ3v) is 18.6. The van der Waals surface area contributed by atoms with Gasteiger partial charge in [0.2, 0.25) is 5.91 Å². The molecule has 6 heteroatoms. The van der Waals surface area contributed by atoms with Crippen molar-refractivity contribution in [2.75, 3.05) is 13.2 Å². The first kappa shape index (κ1) is 85.1. The maximum absolute atomic E-state index is 12.5. The maximum atomic E-state index is 12.5. The van der Waals surface area contributed by atoms with Crippen molar-refractivity contribution in [3.8, 4) is 0 Å². The molecule has 0 saturated heterocycles. The number of amides is 1. The summed E-state index contributed by atoms with van der Waals surface area (Å²) in [5.74, 6) is -0.0448. The van der Waals surface area contributed by atoms with E-state index in [0.29, 0.717) is 19.4 Å². The number of allylic oxidation sites excluding steroid dienone is 5. The van der Waals surface area contributed by atoms with Gasteiger partial charge in [0.05, 0.1) is 25.4 Å². The fourth-order valence-electron chi connectivity index (χ4n) is 12.6. The number of aliphatic hydroxyl groups is 2. The third kappa shape index (κ3) is 73.0. The van der Waals surface area contributed by atoms with Gasteiger partial charge in [0.25, 0.3) is 0 Å². The van der Waals surface area contributed by atoms with Crippen molar-refractivity contribution >= 4 is 11.9 Å². The molecule has 1 amide bonds. The van der Waals surface area contributed by atoms with Gasteiger partial charge in [-0.05, 0) is 83.5 Å². The van der Waals surface area contributed by atoms with Crippen LogP contribution in [-0.4, -0.2) is 47.4 Å². The first-order valence-electron chi connectivity index (χ1n) is 39.8. The summed E-state index contributed by atoms with van der Waals surface area (Å²) in [5.41, 5.74) is 0. The molecule has 0 aromatic carbocycles. The minimum atomic E-state index is -0.843. The van der Waals surface area contributed by atoms with Crippen LogP contribution in [0, 0.1) is 0 Å². The molecule has 0 radical (unpaired) electrons. The molecular weight excluding hydrogens is 1070 g/mol. The van der Waals surface area contributed by atoms with Crippen LogP contribution in [0.5, 0.6) is 0 Å². The van der Waals surface area contributed by atoms with Gasteiger partial charge in [-0.2, -0.15) is 0 Å². The van der Waals surface area contributed by atoms with Gasteiger partial charge < -0.3 is 20.3 Å². The zero-order valence-corrected chi connectivity index (χ0v) is 59.0. The van der Waals surface area contributed by atoms with E-state index in [0.717, 1.165) is 44.9 Å². The number of esters is 1. The van der Waals surface area contributed by atoms with Gasteiger partial charge in [-0.3, -0.25) is 9.59 Å². The third-order valence-electron chi connectivity index (χ3n) is 18.6. The molecule has 0 fully saturated rings. The lowest BCUT2D eigenvalue weighted by Crippen LogP contribution is -2.45. The van der Waals surface area contributed by atoms with Crippen LogP contribution in [0.15, 0.2) is 36.5 Å². The highest BCUT2D eigenvalue weighted by atomic mass is 16.5. The minimum Gasteiger partial charge on any atom is -0.466 e. The predicted molar refractivity (Wildman–Crippen MR) is 384 cm³/mol. The van der Waals surface area contributed by atoms with Crippen LogP contribution >= 0.6 is 0 Å². The number of carbonyl (C=O) groups is 2. The number of rotatable bonds is 75. The number of aliphatic hydroxyl groups excluding tert-OH is 2. The Labute approximate surface area is 544 Å². The van der Waals surface area contributed by atoms with Crippen LogP contribution in [0.1, 0.15) is 444 Å². The fraction of sp³-hybridized carbons (Fsp3) is 0.901. The minimum absolute atomic E-state index is 0.0159. The van der Waals surface area contributed by atoms with Crippen molar-refractivity contribution in [3.63, 3.8) is 0 Å². The standard InChI is InChI=1S/C81H155NO5/c1-3-5-7-9-11-13-15-17-19-21-22-38-42-45-49-53-57-61-65-69-73-79(84)78(77-83)82-80(85)74-70-66-62-58-54-50-46-43-39-36-34-32-30-28-26-24-23-25-27-29-31-33-35-37-40-44-48-52-56-60-64-68-72-76-87-81(86)75-71-67-63-59-55-51-47-41-20-18-16-14-12-10-8-6-4-2/h18,20,27,29,69,73,78-79,83-84H,3-17,19,21-26,28,30-68,70-72,74-77H2,1-2H3,(H,82,85)/b20-18-,29-27-,73-69+. The molecule has 3 N–H and O–H groups in total. The number of hydrogen-bond donors (Lipinski definition) is 3. The first-order valence-corrected chi connectivity index (χ1v) is 39.8. The summed E-state index contributed by atoms with van der Waals surface area (Å²) in [6.07, 6.45) is 99.8. The molecule has 0 aromatic rings. The maximum Gasteiger partial charge on any atom is 0.305 e. The molecule has 0 aromatic heterocycles. The summed E-state index contributed by atoms with van der Waals surface area (Å²) in [5, 5.41) is 23.3. The second kappa shape index (κ2) is 76.5. The van der Waals surface area contributed by atoms with E-state index >= 15 is 0 Å². The molecular formula is C81H155NO5. The largest absolute Gasteiger partial charge is 0.466 e.